The zero-order valence-electron chi connectivity index (χ0n) is 7.40. The molecule has 0 saturated carbocycles. The quantitative estimate of drug-likeness (QED) is 0.468. The van der Waals surface area contributed by atoms with Crippen LogP contribution < -0.4 is 0 Å². The molecule has 0 spiro atoms. The Bertz CT molecular complexity index is 196. The van der Waals surface area contributed by atoms with E-state index in [4.69, 9.17) is 10.2 Å². The molecule has 0 rings (SSSR count). The molecule has 0 aliphatic heterocycles. The maximum atomic E-state index is 10.1. The van der Waals surface area contributed by atoms with Gasteiger partial charge in [-0.15, -0.1) is 0 Å². The van der Waals surface area contributed by atoms with E-state index < -0.39 is 11.9 Å². The summed E-state index contributed by atoms with van der Waals surface area (Å²) in [5, 5.41) is 16.5. The average Bonchev–Trinajstić information content (AvgIpc) is 2.01. The van der Waals surface area contributed by atoms with Gasteiger partial charge in [-0.25, -0.2) is 4.79 Å². The van der Waals surface area contributed by atoms with Crippen LogP contribution in [0.4, 0.5) is 0 Å². The van der Waals surface area contributed by atoms with Crippen molar-refractivity contribution < 1.29 is 19.8 Å². The van der Waals surface area contributed by atoms with E-state index in [1.54, 1.807) is 6.08 Å². The van der Waals surface area contributed by atoms with E-state index in [1.165, 1.54) is 0 Å². The molecule has 0 aromatic heterocycles. The first-order valence-electron chi connectivity index (χ1n) is 4.24. The predicted octanol–water partition coefficient (Wildman–Crippen LogP) is 1.66. The molecule has 0 radical (unpaired) electrons. The average molecular weight is 186 g/mol. The Kier molecular flexibility index (Phi) is 6.59. The number of unbranched alkanes of at least 4 members (excludes halogenated alkanes) is 3. The summed E-state index contributed by atoms with van der Waals surface area (Å²) in [4.78, 5) is 20.1. The zero-order valence-corrected chi connectivity index (χ0v) is 7.40. The number of carboxylic acids is 2. The fourth-order valence-corrected chi connectivity index (χ4v) is 0.899. The van der Waals surface area contributed by atoms with Gasteiger partial charge in [0.2, 0.25) is 0 Å². The maximum absolute atomic E-state index is 10.1. The van der Waals surface area contributed by atoms with Gasteiger partial charge in [0, 0.05) is 12.5 Å². The Balaban J connectivity index is 3.17. The second kappa shape index (κ2) is 7.34. The summed E-state index contributed by atoms with van der Waals surface area (Å²) in [7, 11) is 0. The number of allylic oxidation sites excluding steroid dienone is 1. The van der Waals surface area contributed by atoms with Gasteiger partial charge in [-0.2, -0.15) is 0 Å². The van der Waals surface area contributed by atoms with E-state index in [9.17, 15) is 9.59 Å². The minimum Gasteiger partial charge on any atom is -0.481 e. The summed E-state index contributed by atoms with van der Waals surface area (Å²) >= 11 is 0. The van der Waals surface area contributed by atoms with Crippen molar-refractivity contribution in [1.82, 2.24) is 0 Å². The first kappa shape index (κ1) is 11.7. The van der Waals surface area contributed by atoms with Crippen LogP contribution in [0.5, 0.6) is 0 Å². The van der Waals surface area contributed by atoms with E-state index in [0.717, 1.165) is 18.9 Å². The van der Waals surface area contributed by atoms with Gasteiger partial charge in [0.1, 0.15) is 0 Å². The Morgan fingerprint density at radius 2 is 1.77 bits per heavy atom. The Morgan fingerprint density at radius 1 is 1.08 bits per heavy atom. The number of hydrogen-bond acceptors (Lipinski definition) is 2. The normalized spacial score (nSPS) is 10.5. The van der Waals surface area contributed by atoms with Gasteiger partial charge in [-0.3, -0.25) is 4.79 Å². The van der Waals surface area contributed by atoms with Crippen molar-refractivity contribution in [3.63, 3.8) is 0 Å². The second-order valence-electron chi connectivity index (χ2n) is 2.73. The Morgan fingerprint density at radius 3 is 2.31 bits per heavy atom. The van der Waals surface area contributed by atoms with Crippen LogP contribution >= 0.6 is 0 Å². The largest absolute Gasteiger partial charge is 0.481 e. The lowest BCUT2D eigenvalue weighted by atomic mass is 10.1. The number of hydrogen-bond donors (Lipinski definition) is 2. The molecule has 0 atom stereocenters. The number of carbonyl (C=O) groups is 2. The van der Waals surface area contributed by atoms with Crippen LogP contribution in [-0.2, 0) is 9.59 Å². The molecule has 0 aliphatic rings. The molecule has 0 unspecified atom stereocenters. The lowest BCUT2D eigenvalue weighted by Gasteiger charge is -1.94. The molecule has 0 saturated heterocycles. The van der Waals surface area contributed by atoms with Gasteiger partial charge in [0.25, 0.3) is 0 Å². The summed E-state index contributed by atoms with van der Waals surface area (Å²) in [6.07, 6.45) is 5.93. The van der Waals surface area contributed by atoms with Crippen molar-refractivity contribution in [2.24, 2.45) is 0 Å². The molecule has 0 heterocycles. The van der Waals surface area contributed by atoms with Crippen LogP contribution in [0.15, 0.2) is 12.2 Å². The van der Waals surface area contributed by atoms with Gasteiger partial charge < -0.3 is 10.2 Å². The number of aliphatic carboxylic acids is 2. The van der Waals surface area contributed by atoms with Crippen LogP contribution in [-0.4, -0.2) is 22.2 Å². The molecule has 74 valence electrons. The smallest absolute Gasteiger partial charge is 0.327 e. The third-order valence-corrected chi connectivity index (χ3v) is 1.52. The molecular formula is C9H14O4. The van der Waals surface area contributed by atoms with Crippen molar-refractivity contribution in [2.45, 2.75) is 32.1 Å². The van der Waals surface area contributed by atoms with Crippen LogP contribution in [0.3, 0.4) is 0 Å². The molecule has 0 fully saturated rings. The Hall–Kier alpha value is -1.32. The van der Waals surface area contributed by atoms with E-state index in [1.807, 2.05) is 0 Å². The van der Waals surface area contributed by atoms with Crippen molar-refractivity contribution in [1.29, 1.82) is 0 Å². The topological polar surface area (TPSA) is 74.6 Å². The third-order valence-electron chi connectivity index (χ3n) is 1.52. The highest BCUT2D eigenvalue weighted by Gasteiger charge is 1.95. The van der Waals surface area contributed by atoms with Crippen LogP contribution in [0.2, 0.25) is 0 Å². The van der Waals surface area contributed by atoms with Gasteiger partial charge in [0.05, 0.1) is 0 Å². The van der Waals surface area contributed by atoms with Crippen molar-refractivity contribution in [3.05, 3.63) is 12.2 Å². The van der Waals surface area contributed by atoms with Crippen LogP contribution in [0.25, 0.3) is 0 Å². The van der Waals surface area contributed by atoms with Gasteiger partial charge in [-0.05, 0) is 19.3 Å². The van der Waals surface area contributed by atoms with Gasteiger partial charge >= 0.3 is 11.9 Å². The second-order valence-corrected chi connectivity index (χ2v) is 2.73. The molecule has 2 N–H and O–H groups in total. The van der Waals surface area contributed by atoms with E-state index in [2.05, 4.69) is 0 Å². The molecule has 0 aromatic rings. The predicted molar refractivity (Wildman–Crippen MR) is 47.5 cm³/mol. The molecule has 4 heteroatoms. The van der Waals surface area contributed by atoms with Crippen LogP contribution in [0.1, 0.15) is 32.1 Å². The monoisotopic (exact) mass is 186 g/mol. The number of rotatable bonds is 7. The third kappa shape index (κ3) is 10.7. The highest BCUT2D eigenvalue weighted by Crippen LogP contribution is 2.03. The van der Waals surface area contributed by atoms with Gasteiger partial charge in [-0.1, -0.05) is 12.5 Å². The zero-order chi connectivity index (χ0) is 10.1. The lowest BCUT2D eigenvalue weighted by molar-refractivity contribution is -0.137. The van der Waals surface area contributed by atoms with E-state index in [-0.39, 0.29) is 6.42 Å². The van der Waals surface area contributed by atoms with Crippen LogP contribution in [0, 0.1) is 0 Å². The first-order valence-corrected chi connectivity index (χ1v) is 4.24. The summed E-state index contributed by atoms with van der Waals surface area (Å²) < 4.78 is 0. The summed E-state index contributed by atoms with van der Waals surface area (Å²) in [5.74, 6) is -1.72. The van der Waals surface area contributed by atoms with Crippen molar-refractivity contribution in [3.8, 4) is 0 Å². The molecule has 0 aliphatic carbocycles. The molecule has 0 aromatic carbocycles. The lowest BCUT2D eigenvalue weighted by Crippen LogP contribution is -1.93. The van der Waals surface area contributed by atoms with E-state index in [0.29, 0.717) is 12.8 Å². The summed E-state index contributed by atoms with van der Waals surface area (Å²) in [6, 6.07) is 0. The minimum absolute atomic E-state index is 0.197. The molecular weight excluding hydrogens is 172 g/mol. The van der Waals surface area contributed by atoms with E-state index >= 15 is 0 Å². The summed E-state index contributed by atoms with van der Waals surface area (Å²) in [6.45, 7) is 0. The fraction of sp³-hybridized carbons (Fsp3) is 0.556. The fourth-order valence-electron chi connectivity index (χ4n) is 0.899. The molecule has 13 heavy (non-hydrogen) atoms. The van der Waals surface area contributed by atoms with Crippen molar-refractivity contribution in [2.75, 3.05) is 0 Å². The maximum Gasteiger partial charge on any atom is 0.327 e. The minimum atomic E-state index is -0.939. The standard InChI is InChI=1S/C9H14O4/c10-8(11)6-4-2-1-3-5-7-9(12)13/h4,6H,1-3,5,7H2,(H,10,11)(H,12,13)/b6-4-. The molecule has 0 amide bonds. The Labute approximate surface area is 76.9 Å². The number of carboxylic acid groups (broad SMARTS) is 2. The highest BCUT2D eigenvalue weighted by molar-refractivity contribution is 5.79. The van der Waals surface area contributed by atoms with Crippen molar-refractivity contribution >= 4 is 11.9 Å². The highest BCUT2D eigenvalue weighted by atomic mass is 16.4. The SMILES string of the molecule is O=C(O)/C=C\CCCCCC(=O)O. The summed E-state index contributed by atoms with van der Waals surface area (Å²) in [5.41, 5.74) is 0. The van der Waals surface area contributed by atoms with Gasteiger partial charge in [0.15, 0.2) is 0 Å². The first-order chi connectivity index (χ1) is 6.13. The molecule has 4 nitrogen and oxygen atoms in total. The molecule has 0 bridgehead atoms.